The van der Waals surface area contributed by atoms with Crippen LogP contribution in [0.15, 0.2) is 35.1 Å². The number of nitrogens with one attached hydrogen (secondary N) is 5. The van der Waals surface area contributed by atoms with Crippen molar-refractivity contribution in [1.29, 1.82) is 0 Å². The van der Waals surface area contributed by atoms with Gasteiger partial charge >= 0.3 is 6.18 Å². The largest absolute Gasteiger partial charge is 0.419 e. The first-order chi connectivity index (χ1) is 14.3. The summed E-state index contributed by atoms with van der Waals surface area (Å²) < 4.78 is 41.2. The fraction of sp³-hybridized carbons (Fsp3) is 0.450. The van der Waals surface area contributed by atoms with Crippen molar-refractivity contribution in [2.45, 2.75) is 44.3 Å². The second-order valence-electron chi connectivity index (χ2n) is 7.65. The van der Waals surface area contributed by atoms with Crippen LogP contribution >= 0.6 is 11.6 Å². The summed E-state index contributed by atoms with van der Waals surface area (Å²) >= 11 is 6.39. The molecule has 162 valence electrons. The number of benzene rings is 1. The highest BCUT2D eigenvalue weighted by molar-refractivity contribution is 6.38. The van der Waals surface area contributed by atoms with Gasteiger partial charge in [-0.3, -0.25) is 5.32 Å². The second kappa shape index (κ2) is 8.13. The van der Waals surface area contributed by atoms with Gasteiger partial charge in [0.2, 0.25) is 0 Å². The number of aliphatic imine (C=N–C) groups is 1. The highest BCUT2D eigenvalue weighted by atomic mass is 35.5. The van der Waals surface area contributed by atoms with E-state index in [1.807, 2.05) is 0 Å². The molecule has 1 aromatic heterocycles. The lowest BCUT2D eigenvalue weighted by atomic mass is 10.00. The van der Waals surface area contributed by atoms with E-state index < -0.39 is 18.0 Å². The maximum Gasteiger partial charge on any atom is 0.419 e. The van der Waals surface area contributed by atoms with Crippen LogP contribution in [0.3, 0.4) is 0 Å². The molecule has 1 saturated heterocycles. The van der Waals surface area contributed by atoms with Crippen LogP contribution in [0.1, 0.15) is 25.3 Å². The predicted molar refractivity (Wildman–Crippen MR) is 114 cm³/mol. The van der Waals surface area contributed by atoms with E-state index in [2.05, 4.69) is 38.2 Å². The Morgan fingerprint density at radius 1 is 1.23 bits per heavy atom. The fourth-order valence-electron chi connectivity index (χ4n) is 3.90. The van der Waals surface area contributed by atoms with Crippen LogP contribution < -0.4 is 21.3 Å². The standard InChI is InChI=1S/C20H24ClF3N6/c1-10-3-4-11(7-26-10)29-19-28-9-14(20(22,23)24)17(30-19)13-8-27-18-12(13)5-6-15(25-2)16(18)21/h5-6,8-11,19,25-29H,3-4,7H2,1-2H3. The van der Waals surface area contributed by atoms with E-state index in [9.17, 15) is 13.2 Å². The number of allylic oxidation sites excluding steroid dienone is 1. The predicted octanol–water partition coefficient (Wildman–Crippen LogP) is 3.72. The quantitative estimate of drug-likeness (QED) is 0.502. The number of piperidine rings is 1. The van der Waals surface area contributed by atoms with Gasteiger partial charge in [-0.15, -0.1) is 0 Å². The van der Waals surface area contributed by atoms with Gasteiger partial charge in [0.15, 0.2) is 6.29 Å². The smallest absolute Gasteiger partial charge is 0.387 e. The third-order valence-corrected chi connectivity index (χ3v) is 5.97. The number of nitrogens with zero attached hydrogens (tertiary/aromatic N) is 1. The summed E-state index contributed by atoms with van der Waals surface area (Å²) in [5, 5.41) is 13.4. The number of hydrogen-bond donors (Lipinski definition) is 5. The molecule has 30 heavy (non-hydrogen) atoms. The molecule has 0 amide bonds. The zero-order valence-corrected chi connectivity index (χ0v) is 17.4. The number of rotatable bonds is 4. The summed E-state index contributed by atoms with van der Waals surface area (Å²) in [6, 6.07) is 4.05. The second-order valence-corrected chi connectivity index (χ2v) is 8.03. The van der Waals surface area contributed by atoms with Gasteiger partial charge in [-0.1, -0.05) is 11.6 Å². The van der Waals surface area contributed by atoms with Crippen molar-refractivity contribution >= 4 is 33.9 Å². The van der Waals surface area contributed by atoms with E-state index in [1.54, 1.807) is 19.2 Å². The van der Waals surface area contributed by atoms with E-state index in [-0.39, 0.29) is 11.8 Å². The summed E-state index contributed by atoms with van der Waals surface area (Å²) in [7, 11) is 1.73. The Kier molecular flexibility index (Phi) is 5.69. The first-order valence-corrected chi connectivity index (χ1v) is 10.2. The molecule has 1 aromatic carbocycles. The van der Waals surface area contributed by atoms with Crippen LogP contribution in [0.4, 0.5) is 18.9 Å². The summed E-state index contributed by atoms with van der Waals surface area (Å²) in [4.78, 5) is 7.41. The van der Waals surface area contributed by atoms with E-state index in [1.165, 1.54) is 6.20 Å². The Labute approximate surface area is 177 Å². The van der Waals surface area contributed by atoms with Crippen molar-refractivity contribution in [3.8, 4) is 0 Å². The van der Waals surface area contributed by atoms with Crippen LogP contribution in [-0.2, 0) is 0 Å². The van der Waals surface area contributed by atoms with E-state index in [0.29, 0.717) is 33.2 Å². The number of halogens is 4. The number of H-pyrrole nitrogens is 1. The van der Waals surface area contributed by atoms with Crippen molar-refractivity contribution in [2.75, 3.05) is 18.9 Å². The van der Waals surface area contributed by atoms with Gasteiger partial charge in [0, 0.05) is 49.0 Å². The molecule has 3 unspecified atom stereocenters. The monoisotopic (exact) mass is 440 g/mol. The minimum absolute atomic E-state index is 0.115. The summed E-state index contributed by atoms with van der Waals surface area (Å²) in [5.74, 6) is 0. The lowest BCUT2D eigenvalue weighted by Gasteiger charge is -2.32. The van der Waals surface area contributed by atoms with Crippen molar-refractivity contribution in [2.24, 2.45) is 4.99 Å². The molecule has 0 radical (unpaired) electrons. The minimum Gasteiger partial charge on any atom is -0.387 e. The molecule has 3 heterocycles. The number of hydrogen-bond acceptors (Lipinski definition) is 5. The van der Waals surface area contributed by atoms with Crippen LogP contribution in [0.5, 0.6) is 0 Å². The van der Waals surface area contributed by atoms with Gasteiger partial charge in [-0.05, 0) is 31.9 Å². The number of alkyl halides is 3. The Balaban J connectivity index is 1.70. The minimum atomic E-state index is -4.54. The van der Waals surface area contributed by atoms with Crippen LogP contribution in [0.2, 0.25) is 5.02 Å². The topological polar surface area (TPSA) is 76.3 Å². The molecule has 4 rings (SSSR count). The molecule has 0 spiro atoms. The number of anilines is 1. The van der Waals surface area contributed by atoms with Crippen molar-refractivity contribution in [3.63, 3.8) is 0 Å². The Bertz CT molecular complexity index is 988. The molecule has 2 aliphatic rings. The van der Waals surface area contributed by atoms with Gasteiger partial charge in [-0.2, -0.15) is 13.2 Å². The number of aromatic amines is 1. The Morgan fingerprint density at radius 2 is 2.03 bits per heavy atom. The maximum atomic E-state index is 13.7. The SMILES string of the molecule is CNc1ccc2c(C3=NC(NC4CCC(C)NC4)NC=C3C(F)(F)F)c[nH]c2c1Cl. The zero-order chi connectivity index (χ0) is 21.5. The molecule has 0 saturated carbocycles. The van der Waals surface area contributed by atoms with Crippen LogP contribution in [0.25, 0.3) is 10.9 Å². The molecular weight excluding hydrogens is 417 g/mol. The lowest BCUT2D eigenvalue weighted by Crippen LogP contribution is -2.53. The Morgan fingerprint density at radius 3 is 2.70 bits per heavy atom. The molecule has 10 heteroatoms. The highest BCUT2D eigenvalue weighted by Crippen LogP contribution is 2.36. The average Bonchev–Trinajstić information content (AvgIpc) is 3.14. The van der Waals surface area contributed by atoms with Gasteiger partial charge < -0.3 is 20.9 Å². The molecule has 5 N–H and O–H groups in total. The van der Waals surface area contributed by atoms with Gasteiger partial charge in [0.05, 0.1) is 27.5 Å². The lowest BCUT2D eigenvalue weighted by molar-refractivity contribution is -0.0867. The molecule has 1 fully saturated rings. The highest BCUT2D eigenvalue weighted by Gasteiger charge is 2.40. The number of fused-ring (bicyclic) bond motifs is 1. The fourth-order valence-corrected chi connectivity index (χ4v) is 4.21. The molecule has 3 atom stereocenters. The molecule has 6 nitrogen and oxygen atoms in total. The van der Waals surface area contributed by atoms with E-state index >= 15 is 0 Å². The van der Waals surface area contributed by atoms with Crippen molar-refractivity contribution in [1.82, 2.24) is 20.9 Å². The first-order valence-electron chi connectivity index (χ1n) is 9.86. The molecule has 2 aliphatic heterocycles. The average molecular weight is 441 g/mol. The van der Waals surface area contributed by atoms with Crippen LogP contribution in [-0.4, -0.2) is 48.8 Å². The third-order valence-electron chi connectivity index (χ3n) is 5.58. The third kappa shape index (κ3) is 4.01. The van der Waals surface area contributed by atoms with Crippen molar-refractivity contribution < 1.29 is 13.2 Å². The first kappa shape index (κ1) is 21.0. The summed E-state index contributed by atoms with van der Waals surface area (Å²) in [6.07, 6.45) is -0.732. The number of aromatic nitrogens is 1. The Hall–Kier alpha value is -2.23. The zero-order valence-electron chi connectivity index (χ0n) is 16.6. The van der Waals surface area contributed by atoms with Gasteiger partial charge in [-0.25, -0.2) is 4.99 Å². The van der Waals surface area contributed by atoms with E-state index in [0.717, 1.165) is 25.6 Å². The van der Waals surface area contributed by atoms with Gasteiger partial charge in [0.1, 0.15) is 0 Å². The molecule has 0 aliphatic carbocycles. The maximum absolute atomic E-state index is 13.7. The van der Waals surface area contributed by atoms with Gasteiger partial charge in [0.25, 0.3) is 0 Å². The molecule has 2 aromatic rings. The summed E-state index contributed by atoms with van der Waals surface area (Å²) in [6.45, 7) is 2.86. The normalized spacial score (nSPS) is 24.9. The van der Waals surface area contributed by atoms with E-state index in [4.69, 9.17) is 11.6 Å². The van der Waals surface area contributed by atoms with Crippen LogP contribution in [0, 0.1) is 0 Å². The molecule has 0 bridgehead atoms. The summed E-state index contributed by atoms with van der Waals surface area (Å²) in [5.41, 5.74) is 0.689. The van der Waals surface area contributed by atoms with Crippen molar-refractivity contribution in [3.05, 3.63) is 40.7 Å². The molecular formula is C20H24ClF3N6.